The van der Waals surface area contributed by atoms with Gasteiger partial charge in [0.05, 0.1) is 18.0 Å². The molecule has 0 N–H and O–H groups in total. The summed E-state index contributed by atoms with van der Waals surface area (Å²) in [5.41, 5.74) is -0.880. The van der Waals surface area contributed by atoms with E-state index in [1.165, 1.54) is 47.4 Å². The van der Waals surface area contributed by atoms with Gasteiger partial charge in [-0.3, -0.25) is 4.79 Å². The van der Waals surface area contributed by atoms with E-state index in [9.17, 15) is 24.1 Å². The van der Waals surface area contributed by atoms with E-state index in [1.54, 1.807) is 19.1 Å². The van der Waals surface area contributed by atoms with Gasteiger partial charge in [-0.1, -0.05) is 36.9 Å². The van der Waals surface area contributed by atoms with Gasteiger partial charge < -0.3 is 9.80 Å². The second kappa shape index (κ2) is 11.1. The van der Waals surface area contributed by atoms with E-state index >= 15 is 0 Å². The molecular formula is C25H25ClF2N8O. The Kier molecular flexibility index (Phi) is 7.84. The molecule has 0 spiro atoms. The third-order valence-electron chi connectivity index (χ3n) is 6.28. The van der Waals surface area contributed by atoms with Crippen molar-refractivity contribution in [2.75, 3.05) is 37.9 Å². The maximum atomic E-state index is 13.4. The van der Waals surface area contributed by atoms with Crippen molar-refractivity contribution in [1.29, 1.82) is 10.5 Å². The number of piperazine rings is 1. The molecule has 1 aliphatic carbocycles. The molecule has 1 saturated carbocycles. The Balaban J connectivity index is 0.000000994. The third kappa shape index (κ3) is 5.18. The molecule has 1 amide bonds. The number of hydrogen-bond donors (Lipinski definition) is 0. The van der Waals surface area contributed by atoms with Gasteiger partial charge in [0.1, 0.15) is 42.6 Å². The number of para-hydroxylation sites is 1. The Hall–Kier alpha value is -3.83. The van der Waals surface area contributed by atoms with Crippen LogP contribution < -0.4 is 4.90 Å². The van der Waals surface area contributed by atoms with E-state index in [0.717, 1.165) is 5.39 Å². The quantitative estimate of drug-likeness (QED) is 0.493. The Morgan fingerprint density at radius 2 is 1.92 bits per heavy atom. The van der Waals surface area contributed by atoms with Gasteiger partial charge in [-0.15, -0.1) is 0 Å². The number of halogens is 3. The first-order valence-electron chi connectivity index (χ1n) is 11.9. The van der Waals surface area contributed by atoms with Crippen molar-refractivity contribution < 1.29 is 13.6 Å². The summed E-state index contributed by atoms with van der Waals surface area (Å²) in [6, 6.07) is 8.53. The second-order valence-corrected chi connectivity index (χ2v) is 9.43. The summed E-state index contributed by atoms with van der Waals surface area (Å²) in [6.45, 7) is -0.138. The van der Waals surface area contributed by atoms with Crippen molar-refractivity contribution in [3.8, 4) is 17.8 Å². The van der Waals surface area contributed by atoms with E-state index in [2.05, 4.69) is 15.1 Å². The largest absolute Gasteiger partial charge is 0.352 e. The first kappa shape index (κ1) is 26.2. The number of carbonyl (C=O) groups excluding carboxylic acids is 1. The molecule has 2 aliphatic rings. The van der Waals surface area contributed by atoms with E-state index in [1.807, 2.05) is 17.0 Å². The van der Waals surface area contributed by atoms with Crippen molar-refractivity contribution in [3.05, 3.63) is 41.4 Å². The highest BCUT2D eigenvalue weighted by Gasteiger charge is 2.45. The second-order valence-electron chi connectivity index (χ2n) is 9.08. The predicted octanol–water partition coefficient (Wildman–Crippen LogP) is 4.00. The normalized spacial score (nSPS) is 17.0. The molecule has 192 valence electrons. The van der Waals surface area contributed by atoms with Gasteiger partial charge in [-0.2, -0.15) is 15.6 Å². The summed E-state index contributed by atoms with van der Waals surface area (Å²) in [5, 5.41) is 23.4. The van der Waals surface area contributed by atoms with Crippen LogP contribution in [0.4, 0.5) is 14.6 Å². The standard InChI is InChI=1S/C22H19ClF2N8O.C3H6/c1-14-8-31(5-6-32(14)21(34)22(10-24,11-25)12-27)20-16-3-2-4-17(18(16)28-13-29-20)33-9-15(7-26)19(23)30-33;1-2-3-1/h2-4,9,13-14H,5-6,8,10-11H2,1H3;1-3H2. The van der Waals surface area contributed by atoms with Crippen LogP contribution in [0.25, 0.3) is 16.6 Å². The predicted molar refractivity (Wildman–Crippen MR) is 134 cm³/mol. The van der Waals surface area contributed by atoms with Gasteiger partial charge in [-0.05, 0) is 19.1 Å². The zero-order valence-electron chi connectivity index (χ0n) is 20.2. The van der Waals surface area contributed by atoms with E-state index in [4.69, 9.17) is 11.6 Å². The van der Waals surface area contributed by atoms with Gasteiger partial charge in [0.25, 0.3) is 0 Å². The number of alkyl halides is 2. The lowest BCUT2D eigenvalue weighted by molar-refractivity contribution is -0.143. The molecule has 5 rings (SSSR count). The van der Waals surface area contributed by atoms with Crippen LogP contribution in [0.1, 0.15) is 31.7 Å². The number of amides is 1. The van der Waals surface area contributed by atoms with Crippen molar-refractivity contribution in [2.24, 2.45) is 5.41 Å². The molecule has 37 heavy (non-hydrogen) atoms. The average Bonchev–Trinajstić information content (AvgIpc) is 3.77. The molecule has 1 saturated heterocycles. The molecule has 0 radical (unpaired) electrons. The zero-order valence-corrected chi connectivity index (χ0v) is 21.0. The molecule has 1 atom stereocenters. The van der Waals surface area contributed by atoms with Crippen LogP contribution in [0.3, 0.4) is 0 Å². The van der Waals surface area contributed by atoms with E-state index in [0.29, 0.717) is 30.1 Å². The van der Waals surface area contributed by atoms with Gasteiger partial charge >= 0.3 is 0 Å². The summed E-state index contributed by atoms with van der Waals surface area (Å²) in [4.78, 5) is 24.9. The molecule has 2 aromatic heterocycles. The average molecular weight is 527 g/mol. The fourth-order valence-electron chi connectivity index (χ4n) is 4.03. The molecule has 12 heteroatoms. The summed E-state index contributed by atoms with van der Waals surface area (Å²) in [6.07, 6.45) is 7.43. The highest BCUT2D eigenvalue weighted by Crippen LogP contribution is 2.31. The Morgan fingerprint density at radius 3 is 2.49 bits per heavy atom. The highest BCUT2D eigenvalue weighted by molar-refractivity contribution is 6.30. The number of carbonyl (C=O) groups is 1. The number of nitriles is 2. The molecular weight excluding hydrogens is 502 g/mol. The summed E-state index contributed by atoms with van der Waals surface area (Å²) in [5.74, 6) is -0.224. The third-order valence-corrected chi connectivity index (χ3v) is 6.56. The van der Waals surface area contributed by atoms with Gasteiger partial charge in [0.15, 0.2) is 10.6 Å². The van der Waals surface area contributed by atoms with Crippen LogP contribution in [0.5, 0.6) is 0 Å². The molecule has 9 nitrogen and oxygen atoms in total. The lowest BCUT2D eigenvalue weighted by Crippen LogP contribution is -2.58. The van der Waals surface area contributed by atoms with Crippen LogP contribution >= 0.6 is 11.6 Å². The smallest absolute Gasteiger partial charge is 0.248 e. The first-order chi connectivity index (χ1) is 17.9. The van der Waals surface area contributed by atoms with Crippen molar-refractivity contribution in [2.45, 2.75) is 32.2 Å². The van der Waals surface area contributed by atoms with Crippen molar-refractivity contribution >= 4 is 34.2 Å². The number of rotatable bonds is 5. The van der Waals surface area contributed by atoms with Crippen LogP contribution in [0.2, 0.25) is 5.15 Å². The maximum absolute atomic E-state index is 13.4. The number of benzene rings is 1. The van der Waals surface area contributed by atoms with E-state index in [-0.39, 0.29) is 17.3 Å². The lowest BCUT2D eigenvalue weighted by Gasteiger charge is -2.42. The zero-order chi connectivity index (χ0) is 26.6. The summed E-state index contributed by atoms with van der Waals surface area (Å²) in [7, 11) is 0. The Morgan fingerprint density at radius 1 is 1.19 bits per heavy atom. The van der Waals surface area contributed by atoms with Crippen molar-refractivity contribution in [1.82, 2.24) is 24.6 Å². The fraction of sp³-hybridized carbons (Fsp3) is 0.440. The lowest BCUT2D eigenvalue weighted by atomic mass is 9.90. The SMILES string of the molecule is C1CC1.CC1CN(c2ncnc3c(-n4cc(C#N)c(Cl)n4)cccc23)CCN1C(=O)C(C#N)(CF)CF. The molecule has 1 aromatic carbocycles. The monoisotopic (exact) mass is 526 g/mol. The fourth-order valence-corrected chi connectivity index (χ4v) is 4.20. The van der Waals surface area contributed by atoms with Gasteiger partial charge in [0, 0.05) is 31.1 Å². The molecule has 3 heterocycles. The first-order valence-corrected chi connectivity index (χ1v) is 12.3. The number of anilines is 1. The van der Waals surface area contributed by atoms with Gasteiger partial charge in [0.2, 0.25) is 5.91 Å². The molecule has 3 aromatic rings. The minimum Gasteiger partial charge on any atom is -0.352 e. The topological polar surface area (TPSA) is 115 Å². The molecule has 2 fully saturated rings. The number of nitrogens with zero attached hydrogens (tertiary/aromatic N) is 8. The Labute approximate surface area is 217 Å². The van der Waals surface area contributed by atoms with Crippen LogP contribution in [-0.2, 0) is 4.79 Å². The van der Waals surface area contributed by atoms with Crippen molar-refractivity contribution in [3.63, 3.8) is 0 Å². The minimum absolute atomic E-state index is 0.0819. The van der Waals surface area contributed by atoms with Gasteiger partial charge in [-0.25, -0.2) is 23.4 Å². The highest BCUT2D eigenvalue weighted by atomic mass is 35.5. The molecule has 1 aliphatic heterocycles. The van der Waals surface area contributed by atoms with Crippen LogP contribution in [-0.4, -0.2) is 69.6 Å². The Bertz CT molecular complexity index is 1370. The number of aromatic nitrogens is 4. The minimum atomic E-state index is -2.31. The molecule has 1 unspecified atom stereocenters. The number of hydrogen-bond acceptors (Lipinski definition) is 7. The maximum Gasteiger partial charge on any atom is 0.248 e. The molecule has 0 bridgehead atoms. The van der Waals surface area contributed by atoms with E-state index < -0.39 is 30.7 Å². The summed E-state index contributed by atoms with van der Waals surface area (Å²) >= 11 is 6.02. The number of fused-ring (bicyclic) bond motifs is 1. The summed E-state index contributed by atoms with van der Waals surface area (Å²) < 4.78 is 28.3. The van der Waals surface area contributed by atoms with Crippen LogP contribution in [0.15, 0.2) is 30.7 Å². The van der Waals surface area contributed by atoms with Crippen LogP contribution in [0, 0.1) is 28.1 Å².